The van der Waals surface area contributed by atoms with Gasteiger partial charge in [0, 0.05) is 30.2 Å². The number of ether oxygens (including phenoxy) is 2. The van der Waals surface area contributed by atoms with Crippen molar-refractivity contribution >= 4 is 17.5 Å². The summed E-state index contributed by atoms with van der Waals surface area (Å²) in [6.45, 7) is 5.70. The van der Waals surface area contributed by atoms with Crippen molar-refractivity contribution in [3.05, 3.63) is 53.6 Å². The summed E-state index contributed by atoms with van der Waals surface area (Å²) < 4.78 is 12.3. The van der Waals surface area contributed by atoms with E-state index in [9.17, 15) is 9.59 Å². The summed E-state index contributed by atoms with van der Waals surface area (Å²) in [5.41, 5.74) is 2.06. The SMILES string of the molecule is Cc1ccccc1C(=O)N[C@H](C(=O)Nc1ccc2c(c1)OC1(CCCCC1)O2)C(C)C. The van der Waals surface area contributed by atoms with Crippen molar-refractivity contribution in [3.8, 4) is 11.5 Å². The number of benzene rings is 2. The summed E-state index contributed by atoms with van der Waals surface area (Å²) in [6, 6.07) is 12.1. The Hall–Kier alpha value is -3.02. The van der Waals surface area contributed by atoms with Crippen LogP contribution >= 0.6 is 0 Å². The molecule has 1 aliphatic carbocycles. The van der Waals surface area contributed by atoms with Crippen LogP contribution in [-0.4, -0.2) is 23.6 Å². The van der Waals surface area contributed by atoms with Crippen LogP contribution in [0.2, 0.25) is 0 Å². The summed E-state index contributed by atoms with van der Waals surface area (Å²) in [5, 5.41) is 5.81. The van der Waals surface area contributed by atoms with Crippen molar-refractivity contribution in [3.63, 3.8) is 0 Å². The first-order valence-electron chi connectivity index (χ1n) is 11.1. The van der Waals surface area contributed by atoms with Crippen molar-refractivity contribution < 1.29 is 19.1 Å². The molecule has 6 heteroatoms. The Bertz CT molecular complexity index is 979. The zero-order chi connectivity index (χ0) is 22.0. The van der Waals surface area contributed by atoms with Crippen LogP contribution in [0.3, 0.4) is 0 Å². The molecule has 4 rings (SSSR count). The summed E-state index contributed by atoms with van der Waals surface area (Å²) >= 11 is 0. The summed E-state index contributed by atoms with van der Waals surface area (Å²) in [4.78, 5) is 25.7. The predicted octanol–water partition coefficient (Wildman–Crippen LogP) is 4.82. The second kappa shape index (κ2) is 8.61. The van der Waals surface area contributed by atoms with Gasteiger partial charge in [-0.2, -0.15) is 0 Å². The maximum absolute atomic E-state index is 13.0. The van der Waals surface area contributed by atoms with Crippen molar-refractivity contribution in [2.45, 2.75) is 64.7 Å². The van der Waals surface area contributed by atoms with Crippen LogP contribution < -0.4 is 20.1 Å². The molecule has 0 aromatic heterocycles. The minimum atomic E-state index is -0.665. The fourth-order valence-electron chi connectivity index (χ4n) is 4.27. The zero-order valence-electron chi connectivity index (χ0n) is 18.4. The highest BCUT2D eigenvalue weighted by Gasteiger charge is 2.42. The lowest BCUT2D eigenvalue weighted by Crippen LogP contribution is -2.47. The van der Waals surface area contributed by atoms with Gasteiger partial charge in [0.25, 0.3) is 11.7 Å². The molecule has 1 fully saturated rings. The van der Waals surface area contributed by atoms with Gasteiger partial charge in [-0.15, -0.1) is 0 Å². The summed E-state index contributed by atoms with van der Waals surface area (Å²) in [6.07, 6.45) is 5.15. The Labute approximate surface area is 183 Å². The first-order chi connectivity index (χ1) is 14.9. The van der Waals surface area contributed by atoms with Crippen LogP contribution in [0.1, 0.15) is 61.9 Å². The van der Waals surface area contributed by atoms with Crippen LogP contribution in [0.15, 0.2) is 42.5 Å². The Morgan fingerprint density at radius 1 is 0.968 bits per heavy atom. The monoisotopic (exact) mass is 422 g/mol. The van der Waals surface area contributed by atoms with E-state index in [0.717, 1.165) is 31.2 Å². The molecule has 1 aliphatic heterocycles. The van der Waals surface area contributed by atoms with Gasteiger partial charge in [0.2, 0.25) is 5.91 Å². The van der Waals surface area contributed by atoms with Crippen LogP contribution in [0.5, 0.6) is 11.5 Å². The van der Waals surface area contributed by atoms with Gasteiger partial charge in [-0.1, -0.05) is 38.5 Å². The molecule has 1 atom stereocenters. The van der Waals surface area contributed by atoms with Crippen LogP contribution in [-0.2, 0) is 4.79 Å². The minimum absolute atomic E-state index is 0.0764. The van der Waals surface area contributed by atoms with Crippen LogP contribution in [0.25, 0.3) is 0 Å². The lowest BCUT2D eigenvalue weighted by atomic mass is 9.94. The van der Waals surface area contributed by atoms with E-state index in [2.05, 4.69) is 10.6 Å². The average Bonchev–Trinajstić information content (AvgIpc) is 3.08. The van der Waals surface area contributed by atoms with E-state index < -0.39 is 11.8 Å². The number of nitrogens with one attached hydrogen (secondary N) is 2. The molecule has 31 heavy (non-hydrogen) atoms. The molecule has 2 N–H and O–H groups in total. The van der Waals surface area contributed by atoms with Gasteiger partial charge in [-0.25, -0.2) is 0 Å². The van der Waals surface area contributed by atoms with E-state index in [-0.39, 0.29) is 17.7 Å². The molecule has 0 saturated heterocycles. The summed E-state index contributed by atoms with van der Waals surface area (Å²) in [5.74, 6) is 0.232. The molecule has 1 saturated carbocycles. The molecule has 2 amide bonds. The van der Waals surface area contributed by atoms with E-state index in [1.807, 2.05) is 51.1 Å². The maximum Gasteiger partial charge on any atom is 0.252 e. The van der Waals surface area contributed by atoms with Gasteiger partial charge in [-0.05, 0) is 49.4 Å². The lowest BCUT2D eigenvalue weighted by molar-refractivity contribution is -0.118. The standard InChI is InChI=1S/C25H30N2O4/c1-16(2)22(27-23(28)19-10-6-5-9-17(19)3)24(29)26-18-11-12-20-21(15-18)31-25(30-20)13-7-4-8-14-25/h5-6,9-12,15-16,22H,4,7-8,13-14H2,1-3H3,(H,26,29)(H,27,28)/t22-/m0/s1. The predicted molar refractivity (Wildman–Crippen MR) is 119 cm³/mol. The quantitative estimate of drug-likeness (QED) is 0.724. The molecular formula is C25H30N2O4. The maximum atomic E-state index is 13.0. The smallest absolute Gasteiger partial charge is 0.252 e. The molecule has 0 radical (unpaired) electrons. The molecule has 2 aromatic rings. The highest BCUT2D eigenvalue weighted by atomic mass is 16.7. The zero-order valence-corrected chi connectivity index (χ0v) is 18.4. The van der Waals surface area contributed by atoms with Crippen molar-refractivity contribution in [2.75, 3.05) is 5.32 Å². The van der Waals surface area contributed by atoms with Gasteiger partial charge in [0.1, 0.15) is 6.04 Å². The fourth-order valence-corrected chi connectivity index (χ4v) is 4.27. The molecule has 1 spiro atoms. The first kappa shape index (κ1) is 21.2. The van der Waals surface area contributed by atoms with Crippen molar-refractivity contribution in [1.82, 2.24) is 5.32 Å². The normalized spacial score (nSPS) is 17.4. The molecule has 6 nitrogen and oxygen atoms in total. The van der Waals surface area contributed by atoms with Crippen LogP contribution in [0, 0.1) is 12.8 Å². The van der Waals surface area contributed by atoms with Crippen LogP contribution in [0.4, 0.5) is 5.69 Å². The van der Waals surface area contributed by atoms with E-state index in [4.69, 9.17) is 9.47 Å². The van der Waals surface area contributed by atoms with E-state index in [1.54, 1.807) is 12.1 Å². The first-order valence-corrected chi connectivity index (χ1v) is 11.1. The van der Waals surface area contributed by atoms with E-state index in [0.29, 0.717) is 22.7 Å². The second-order valence-electron chi connectivity index (χ2n) is 8.84. The number of rotatable bonds is 5. The third-order valence-corrected chi connectivity index (χ3v) is 6.04. The van der Waals surface area contributed by atoms with Crippen molar-refractivity contribution in [1.29, 1.82) is 0 Å². The molecule has 1 heterocycles. The Kier molecular flexibility index (Phi) is 5.90. The van der Waals surface area contributed by atoms with Gasteiger partial charge in [0.05, 0.1) is 0 Å². The number of anilines is 1. The third kappa shape index (κ3) is 4.53. The molecule has 0 unspecified atom stereocenters. The van der Waals surface area contributed by atoms with Crippen molar-refractivity contribution in [2.24, 2.45) is 5.92 Å². The number of amides is 2. The van der Waals surface area contributed by atoms with E-state index >= 15 is 0 Å². The number of hydrogen-bond acceptors (Lipinski definition) is 4. The third-order valence-electron chi connectivity index (χ3n) is 6.04. The number of carbonyl (C=O) groups is 2. The number of fused-ring (bicyclic) bond motifs is 1. The second-order valence-corrected chi connectivity index (χ2v) is 8.84. The number of aryl methyl sites for hydroxylation is 1. The molecular weight excluding hydrogens is 392 g/mol. The highest BCUT2D eigenvalue weighted by molar-refractivity contribution is 6.02. The Morgan fingerprint density at radius 3 is 2.39 bits per heavy atom. The summed E-state index contributed by atoms with van der Waals surface area (Å²) in [7, 11) is 0. The molecule has 0 bridgehead atoms. The van der Waals surface area contributed by atoms with E-state index in [1.165, 1.54) is 6.42 Å². The minimum Gasteiger partial charge on any atom is -0.448 e. The van der Waals surface area contributed by atoms with Gasteiger partial charge < -0.3 is 20.1 Å². The largest absolute Gasteiger partial charge is 0.448 e. The van der Waals surface area contributed by atoms with Gasteiger partial charge in [0.15, 0.2) is 11.5 Å². The molecule has 164 valence electrons. The fraction of sp³-hybridized carbons (Fsp3) is 0.440. The molecule has 2 aliphatic rings. The Balaban J connectivity index is 1.45. The Morgan fingerprint density at radius 2 is 1.68 bits per heavy atom. The lowest BCUT2D eigenvalue weighted by Gasteiger charge is -2.31. The van der Waals surface area contributed by atoms with Gasteiger partial charge in [-0.3, -0.25) is 9.59 Å². The number of carbonyl (C=O) groups excluding carboxylic acids is 2. The number of hydrogen-bond donors (Lipinski definition) is 2. The average molecular weight is 423 g/mol. The molecule has 2 aromatic carbocycles. The topological polar surface area (TPSA) is 76.7 Å². The van der Waals surface area contributed by atoms with Gasteiger partial charge >= 0.3 is 0 Å². The highest BCUT2D eigenvalue weighted by Crippen LogP contribution is 2.46.